The van der Waals surface area contributed by atoms with Crippen LogP contribution in [0.5, 0.6) is 0 Å². The first-order valence-corrected chi connectivity index (χ1v) is 11.2. The first-order valence-electron chi connectivity index (χ1n) is 11.2. The van der Waals surface area contributed by atoms with Crippen molar-refractivity contribution in [2.45, 2.75) is 77.6 Å². The van der Waals surface area contributed by atoms with E-state index in [0.717, 1.165) is 50.9 Å². The van der Waals surface area contributed by atoms with Crippen molar-refractivity contribution in [2.75, 3.05) is 19.6 Å². The Bertz CT molecular complexity index is 614. The molecule has 0 amide bonds. The standard InChI is InChI=1S/C23H38N4O.HI/c1-3-24-23(26-21-6-4-5-18(2)15-21)25-16-19-7-9-20(10-8-19)17-27-13-11-22(28)12-14-27;/h7-10,18,21-22,28H,3-6,11-17H2,1-2H3,(H2,24,25,26);1H. The summed E-state index contributed by atoms with van der Waals surface area (Å²) in [6.07, 6.45) is 6.85. The Balaban J connectivity index is 0.00000300. The van der Waals surface area contributed by atoms with Crippen LogP contribution >= 0.6 is 24.0 Å². The van der Waals surface area contributed by atoms with Crippen molar-refractivity contribution >= 4 is 29.9 Å². The molecule has 5 nitrogen and oxygen atoms in total. The normalized spacial score (nSPS) is 24.0. The fourth-order valence-electron chi connectivity index (χ4n) is 4.33. The Kier molecular flexibility index (Phi) is 10.7. The molecular formula is C23H39IN4O. The number of aliphatic hydroxyl groups excluding tert-OH is 1. The lowest BCUT2D eigenvalue weighted by Gasteiger charge is -2.29. The summed E-state index contributed by atoms with van der Waals surface area (Å²) >= 11 is 0. The smallest absolute Gasteiger partial charge is 0.191 e. The van der Waals surface area contributed by atoms with Gasteiger partial charge in [0.05, 0.1) is 12.6 Å². The molecule has 2 unspecified atom stereocenters. The zero-order chi connectivity index (χ0) is 19.8. The van der Waals surface area contributed by atoms with Gasteiger partial charge in [-0.15, -0.1) is 24.0 Å². The number of aliphatic hydroxyl groups is 1. The summed E-state index contributed by atoms with van der Waals surface area (Å²) in [5.74, 6) is 1.75. The van der Waals surface area contributed by atoms with Gasteiger partial charge in [-0.25, -0.2) is 4.99 Å². The van der Waals surface area contributed by atoms with Gasteiger partial charge in [0.2, 0.25) is 0 Å². The molecule has 1 saturated heterocycles. The Morgan fingerprint density at radius 2 is 1.79 bits per heavy atom. The predicted octanol–water partition coefficient (Wildman–Crippen LogP) is 3.90. The number of nitrogens with zero attached hydrogens (tertiary/aromatic N) is 2. The number of likely N-dealkylation sites (tertiary alicyclic amines) is 1. The van der Waals surface area contributed by atoms with Crippen molar-refractivity contribution in [2.24, 2.45) is 10.9 Å². The maximum Gasteiger partial charge on any atom is 0.191 e. The monoisotopic (exact) mass is 514 g/mol. The summed E-state index contributed by atoms with van der Waals surface area (Å²) < 4.78 is 0. The van der Waals surface area contributed by atoms with Gasteiger partial charge >= 0.3 is 0 Å². The summed E-state index contributed by atoms with van der Waals surface area (Å²) in [6, 6.07) is 9.39. The summed E-state index contributed by atoms with van der Waals surface area (Å²) in [5, 5.41) is 16.7. The fraction of sp³-hybridized carbons (Fsp3) is 0.696. The van der Waals surface area contributed by atoms with Gasteiger partial charge < -0.3 is 15.7 Å². The van der Waals surface area contributed by atoms with Gasteiger partial charge in [-0.2, -0.15) is 0 Å². The van der Waals surface area contributed by atoms with Crippen LogP contribution in [0.1, 0.15) is 63.5 Å². The molecule has 0 radical (unpaired) electrons. The highest BCUT2D eigenvalue weighted by Crippen LogP contribution is 2.23. The first-order chi connectivity index (χ1) is 13.6. The average Bonchev–Trinajstić information content (AvgIpc) is 2.69. The minimum absolute atomic E-state index is 0. The molecular weight excluding hydrogens is 475 g/mol. The molecule has 0 bridgehead atoms. The Morgan fingerprint density at radius 3 is 2.45 bits per heavy atom. The lowest BCUT2D eigenvalue weighted by molar-refractivity contribution is 0.0792. The van der Waals surface area contributed by atoms with Crippen LogP contribution in [0.2, 0.25) is 0 Å². The zero-order valence-corrected chi connectivity index (χ0v) is 20.4. The van der Waals surface area contributed by atoms with E-state index < -0.39 is 0 Å². The van der Waals surface area contributed by atoms with Crippen molar-refractivity contribution in [3.63, 3.8) is 0 Å². The second kappa shape index (κ2) is 12.7. The van der Waals surface area contributed by atoms with Gasteiger partial charge in [-0.1, -0.05) is 44.0 Å². The summed E-state index contributed by atoms with van der Waals surface area (Å²) in [4.78, 5) is 7.24. The quantitative estimate of drug-likeness (QED) is 0.306. The van der Waals surface area contributed by atoms with Crippen LogP contribution in [0.25, 0.3) is 0 Å². The number of hydrogen-bond donors (Lipinski definition) is 3. The molecule has 1 aromatic rings. The zero-order valence-electron chi connectivity index (χ0n) is 18.1. The van der Waals surface area contributed by atoms with Crippen LogP contribution in [0.3, 0.4) is 0 Å². The van der Waals surface area contributed by atoms with Crippen LogP contribution in [0.4, 0.5) is 0 Å². The Hall–Kier alpha value is -0.860. The second-order valence-corrected chi connectivity index (χ2v) is 8.63. The van der Waals surface area contributed by atoms with E-state index in [1.807, 2.05) is 0 Å². The van der Waals surface area contributed by atoms with Gasteiger partial charge in [-0.3, -0.25) is 4.90 Å². The molecule has 0 spiro atoms. The maximum atomic E-state index is 9.64. The molecule has 1 aliphatic heterocycles. The van der Waals surface area contributed by atoms with Crippen LogP contribution in [-0.2, 0) is 13.1 Å². The summed E-state index contributed by atoms with van der Waals surface area (Å²) in [7, 11) is 0. The van der Waals surface area contributed by atoms with Crippen molar-refractivity contribution in [3.05, 3.63) is 35.4 Å². The van der Waals surface area contributed by atoms with E-state index >= 15 is 0 Å². The van der Waals surface area contributed by atoms with E-state index in [9.17, 15) is 5.11 Å². The van der Waals surface area contributed by atoms with Crippen molar-refractivity contribution in [1.29, 1.82) is 0 Å². The minimum atomic E-state index is -0.104. The lowest BCUT2D eigenvalue weighted by Crippen LogP contribution is -2.45. The third-order valence-corrected chi connectivity index (χ3v) is 6.03. The van der Waals surface area contributed by atoms with E-state index in [2.05, 4.69) is 53.6 Å². The molecule has 0 aromatic heterocycles. The number of nitrogens with one attached hydrogen (secondary N) is 2. The average molecular weight is 514 g/mol. The number of halogens is 1. The fourth-order valence-corrected chi connectivity index (χ4v) is 4.33. The maximum absolute atomic E-state index is 9.64. The van der Waals surface area contributed by atoms with Gasteiger partial charge in [0.1, 0.15) is 0 Å². The molecule has 164 valence electrons. The second-order valence-electron chi connectivity index (χ2n) is 8.63. The largest absolute Gasteiger partial charge is 0.393 e. The number of piperidine rings is 1. The number of hydrogen-bond acceptors (Lipinski definition) is 3. The molecule has 1 aromatic carbocycles. The summed E-state index contributed by atoms with van der Waals surface area (Å²) in [5.41, 5.74) is 2.58. The minimum Gasteiger partial charge on any atom is -0.393 e. The molecule has 1 saturated carbocycles. The Labute approximate surface area is 193 Å². The van der Waals surface area contributed by atoms with Crippen LogP contribution in [0, 0.1) is 5.92 Å². The molecule has 2 aliphatic rings. The number of benzene rings is 1. The highest BCUT2D eigenvalue weighted by atomic mass is 127. The molecule has 2 fully saturated rings. The van der Waals surface area contributed by atoms with Crippen molar-refractivity contribution in [3.8, 4) is 0 Å². The van der Waals surface area contributed by atoms with Gasteiger partial charge in [-0.05, 0) is 49.7 Å². The predicted molar refractivity (Wildman–Crippen MR) is 132 cm³/mol. The molecule has 3 N–H and O–H groups in total. The van der Waals surface area contributed by atoms with Crippen molar-refractivity contribution < 1.29 is 5.11 Å². The highest BCUT2D eigenvalue weighted by Gasteiger charge is 2.19. The van der Waals surface area contributed by atoms with E-state index in [1.54, 1.807) is 0 Å². The van der Waals surface area contributed by atoms with E-state index in [-0.39, 0.29) is 30.1 Å². The van der Waals surface area contributed by atoms with Gasteiger partial charge in [0.15, 0.2) is 5.96 Å². The summed E-state index contributed by atoms with van der Waals surface area (Å²) in [6.45, 7) is 9.02. The van der Waals surface area contributed by atoms with Crippen LogP contribution in [0.15, 0.2) is 29.3 Å². The van der Waals surface area contributed by atoms with E-state index in [4.69, 9.17) is 4.99 Å². The third kappa shape index (κ3) is 8.42. The topological polar surface area (TPSA) is 59.9 Å². The van der Waals surface area contributed by atoms with Gasteiger partial charge in [0, 0.05) is 32.2 Å². The molecule has 3 rings (SSSR count). The molecule has 6 heteroatoms. The Morgan fingerprint density at radius 1 is 1.10 bits per heavy atom. The molecule has 29 heavy (non-hydrogen) atoms. The first kappa shape index (κ1) is 24.4. The number of guanidine groups is 1. The highest BCUT2D eigenvalue weighted by molar-refractivity contribution is 14.0. The van der Waals surface area contributed by atoms with Crippen LogP contribution < -0.4 is 10.6 Å². The lowest BCUT2D eigenvalue weighted by atomic mass is 9.87. The van der Waals surface area contributed by atoms with E-state index in [0.29, 0.717) is 12.6 Å². The third-order valence-electron chi connectivity index (χ3n) is 6.03. The molecule has 1 heterocycles. The number of rotatable bonds is 6. The van der Waals surface area contributed by atoms with Gasteiger partial charge in [0.25, 0.3) is 0 Å². The van der Waals surface area contributed by atoms with Crippen molar-refractivity contribution in [1.82, 2.24) is 15.5 Å². The number of aliphatic imine (C=N–C) groups is 1. The SMILES string of the molecule is CCNC(=NCc1ccc(CN2CCC(O)CC2)cc1)NC1CCCC(C)C1.I. The van der Waals surface area contributed by atoms with Crippen LogP contribution in [-0.4, -0.2) is 47.7 Å². The van der Waals surface area contributed by atoms with E-state index in [1.165, 1.54) is 36.8 Å². The molecule has 2 atom stereocenters. The molecule has 1 aliphatic carbocycles.